The molecule has 0 aliphatic heterocycles. The molecule has 0 spiro atoms. The molecule has 0 saturated heterocycles. The number of rotatable bonds is 5. The second kappa shape index (κ2) is 6.37. The first-order chi connectivity index (χ1) is 7.99. The standard InChI is InChI=1S/C13H20N2O2/c1-9(16)8-14-10(2)12-5-4-6-13(7-12)15-11(3)17/h4-7,9-10,14,16H,8H2,1-3H3,(H,15,17)/t9-,10?/m1/s1. The molecule has 0 aromatic heterocycles. The summed E-state index contributed by atoms with van der Waals surface area (Å²) in [5, 5.41) is 15.2. The molecule has 0 bridgehead atoms. The first-order valence-corrected chi connectivity index (χ1v) is 5.78. The number of hydrogen-bond donors (Lipinski definition) is 3. The summed E-state index contributed by atoms with van der Waals surface area (Å²) in [6, 6.07) is 7.82. The molecule has 1 rings (SSSR count). The van der Waals surface area contributed by atoms with Gasteiger partial charge in [-0.25, -0.2) is 0 Å². The molecule has 4 heteroatoms. The van der Waals surface area contributed by atoms with Gasteiger partial charge in [0.15, 0.2) is 0 Å². The lowest BCUT2D eigenvalue weighted by Crippen LogP contribution is -2.27. The van der Waals surface area contributed by atoms with E-state index in [4.69, 9.17) is 0 Å². The van der Waals surface area contributed by atoms with Gasteiger partial charge in [0.1, 0.15) is 0 Å². The van der Waals surface area contributed by atoms with Gasteiger partial charge in [0.05, 0.1) is 6.10 Å². The summed E-state index contributed by atoms with van der Waals surface area (Å²) < 4.78 is 0. The van der Waals surface area contributed by atoms with Gasteiger partial charge in [-0.1, -0.05) is 12.1 Å². The summed E-state index contributed by atoms with van der Waals surface area (Å²) in [5.41, 5.74) is 1.87. The molecule has 0 aliphatic carbocycles. The fourth-order valence-electron chi connectivity index (χ4n) is 1.55. The van der Waals surface area contributed by atoms with Crippen molar-refractivity contribution in [3.63, 3.8) is 0 Å². The number of anilines is 1. The Morgan fingerprint density at radius 1 is 1.41 bits per heavy atom. The largest absolute Gasteiger partial charge is 0.392 e. The fraction of sp³-hybridized carbons (Fsp3) is 0.462. The highest BCUT2D eigenvalue weighted by Crippen LogP contribution is 2.17. The first kappa shape index (κ1) is 13.7. The van der Waals surface area contributed by atoms with E-state index >= 15 is 0 Å². The Balaban J connectivity index is 2.66. The van der Waals surface area contributed by atoms with Gasteiger partial charge in [0, 0.05) is 25.2 Å². The van der Waals surface area contributed by atoms with E-state index in [9.17, 15) is 9.90 Å². The average molecular weight is 236 g/mol. The smallest absolute Gasteiger partial charge is 0.221 e. The Hall–Kier alpha value is -1.39. The van der Waals surface area contributed by atoms with Crippen LogP contribution in [0.4, 0.5) is 5.69 Å². The molecule has 1 aromatic carbocycles. The summed E-state index contributed by atoms with van der Waals surface area (Å²) in [4.78, 5) is 10.9. The van der Waals surface area contributed by atoms with E-state index in [1.807, 2.05) is 31.2 Å². The molecule has 0 aliphatic rings. The lowest BCUT2D eigenvalue weighted by atomic mass is 10.1. The van der Waals surface area contributed by atoms with E-state index in [1.54, 1.807) is 6.92 Å². The van der Waals surface area contributed by atoms with Crippen molar-refractivity contribution in [2.75, 3.05) is 11.9 Å². The quantitative estimate of drug-likeness (QED) is 0.729. The van der Waals surface area contributed by atoms with Gasteiger partial charge >= 0.3 is 0 Å². The topological polar surface area (TPSA) is 61.4 Å². The molecule has 94 valence electrons. The molecular formula is C13H20N2O2. The minimum Gasteiger partial charge on any atom is -0.392 e. The molecule has 0 heterocycles. The zero-order valence-electron chi connectivity index (χ0n) is 10.5. The first-order valence-electron chi connectivity index (χ1n) is 5.78. The monoisotopic (exact) mass is 236 g/mol. The lowest BCUT2D eigenvalue weighted by molar-refractivity contribution is -0.114. The number of aliphatic hydroxyl groups is 1. The van der Waals surface area contributed by atoms with Crippen LogP contribution in [0.5, 0.6) is 0 Å². The predicted octanol–water partition coefficient (Wildman–Crippen LogP) is 1.68. The van der Waals surface area contributed by atoms with Gasteiger partial charge in [-0.3, -0.25) is 4.79 Å². The Morgan fingerprint density at radius 2 is 2.12 bits per heavy atom. The van der Waals surface area contributed by atoms with Crippen molar-refractivity contribution in [2.24, 2.45) is 0 Å². The van der Waals surface area contributed by atoms with Gasteiger partial charge in [-0.15, -0.1) is 0 Å². The van der Waals surface area contributed by atoms with Gasteiger partial charge < -0.3 is 15.7 Å². The Labute approximate surface area is 102 Å². The molecule has 1 aromatic rings. The SMILES string of the molecule is CC(=O)Nc1cccc(C(C)NC[C@@H](C)O)c1. The summed E-state index contributed by atoms with van der Waals surface area (Å²) in [5.74, 6) is -0.0771. The van der Waals surface area contributed by atoms with E-state index in [0.717, 1.165) is 11.3 Å². The van der Waals surface area contributed by atoms with Crippen LogP contribution in [0.3, 0.4) is 0 Å². The Kier molecular flexibility index (Phi) is 5.12. The van der Waals surface area contributed by atoms with Crippen LogP contribution in [0.2, 0.25) is 0 Å². The van der Waals surface area contributed by atoms with E-state index < -0.39 is 0 Å². The Bertz CT molecular complexity index is 377. The Morgan fingerprint density at radius 3 is 2.71 bits per heavy atom. The number of amides is 1. The van der Waals surface area contributed by atoms with Crippen molar-refractivity contribution >= 4 is 11.6 Å². The summed E-state index contributed by atoms with van der Waals surface area (Å²) in [7, 11) is 0. The zero-order chi connectivity index (χ0) is 12.8. The van der Waals surface area contributed by atoms with Crippen LogP contribution in [-0.2, 0) is 4.79 Å². The number of carbonyl (C=O) groups is 1. The highest BCUT2D eigenvalue weighted by Gasteiger charge is 2.06. The van der Waals surface area contributed by atoms with Crippen molar-refractivity contribution in [3.8, 4) is 0 Å². The average Bonchev–Trinajstić information content (AvgIpc) is 2.25. The zero-order valence-corrected chi connectivity index (χ0v) is 10.5. The second-order valence-electron chi connectivity index (χ2n) is 4.29. The third-order valence-electron chi connectivity index (χ3n) is 2.43. The van der Waals surface area contributed by atoms with Gasteiger partial charge in [-0.05, 0) is 31.5 Å². The van der Waals surface area contributed by atoms with Crippen LogP contribution in [0.15, 0.2) is 24.3 Å². The summed E-state index contributed by atoms with van der Waals surface area (Å²) >= 11 is 0. The minimum atomic E-state index is -0.365. The summed E-state index contributed by atoms with van der Waals surface area (Å²) in [6.07, 6.45) is -0.365. The highest BCUT2D eigenvalue weighted by atomic mass is 16.3. The molecule has 0 fully saturated rings. The number of hydrogen-bond acceptors (Lipinski definition) is 3. The van der Waals surface area contributed by atoms with E-state index in [2.05, 4.69) is 10.6 Å². The minimum absolute atomic E-state index is 0.0771. The molecule has 3 N–H and O–H groups in total. The van der Waals surface area contributed by atoms with Gasteiger partial charge in [-0.2, -0.15) is 0 Å². The van der Waals surface area contributed by atoms with Gasteiger partial charge in [0.2, 0.25) is 5.91 Å². The normalized spacial score (nSPS) is 14.1. The third kappa shape index (κ3) is 4.97. The van der Waals surface area contributed by atoms with E-state index in [0.29, 0.717) is 6.54 Å². The molecule has 4 nitrogen and oxygen atoms in total. The van der Waals surface area contributed by atoms with Gasteiger partial charge in [0.25, 0.3) is 0 Å². The summed E-state index contributed by atoms with van der Waals surface area (Å²) in [6.45, 7) is 5.80. The highest BCUT2D eigenvalue weighted by molar-refractivity contribution is 5.88. The number of aliphatic hydroxyl groups excluding tert-OH is 1. The van der Waals surface area contributed by atoms with Crippen LogP contribution in [0.1, 0.15) is 32.4 Å². The number of nitrogens with one attached hydrogen (secondary N) is 2. The molecular weight excluding hydrogens is 216 g/mol. The van der Waals surface area contributed by atoms with Crippen molar-refractivity contribution < 1.29 is 9.90 Å². The maximum Gasteiger partial charge on any atom is 0.221 e. The van der Waals surface area contributed by atoms with E-state index in [-0.39, 0.29) is 18.1 Å². The maximum atomic E-state index is 10.9. The van der Waals surface area contributed by atoms with Crippen molar-refractivity contribution in [2.45, 2.75) is 32.9 Å². The van der Waals surface area contributed by atoms with Crippen molar-refractivity contribution in [3.05, 3.63) is 29.8 Å². The molecule has 2 atom stereocenters. The van der Waals surface area contributed by atoms with Crippen LogP contribution in [-0.4, -0.2) is 23.7 Å². The third-order valence-corrected chi connectivity index (χ3v) is 2.43. The maximum absolute atomic E-state index is 10.9. The van der Waals surface area contributed by atoms with Crippen LogP contribution >= 0.6 is 0 Å². The molecule has 0 radical (unpaired) electrons. The molecule has 17 heavy (non-hydrogen) atoms. The number of benzene rings is 1. The molecule has 1 unspecified atom stereocenters. The lowest BCUT2D eigenvalue weighted by Gasteiger charge is -2.16. The fourth-order valence-corrected chi connectivity index (χ4v) is 1.55. The molecule has 0 saturated carbocycles. The molecule has 1 amide bonds. The second-order valence-corrected chi connectivity index (χ2v) is 4.29. The van der Waals surface area contributed by atoms with Crippen LogP contribution in [0.25, 0.3) is 0 Å². The van der Waals surface area contributed by atoms with Crippen LogP contribution in [0, 0.1) is 0 Å². The van der Waals surface area contributed by atoms with Crippen molar-refractivity contribution in [1.29, 1.82) is 0 Å². The van der Waals surface area contributed by atoms with E-state index in [1.165, 1.54) is 6.92 Å². The predicted molar refractivity (Wildman–Crippen MR) is 68.8 cm³/mol. The van der Waals surface area contributed by atoms with Crippen LogP contribution < -0.4 is 10.6 Å². The number of carbonyl (C=O) groups excluding carboxylic acids is 1. The van der Waals surface area contributed by atoms with Crippen molar-refractivity contribution in [1.82, 2.24) is 5.32 Å².